The minimum absolute atomic E-state index is 0.0193. The second kappa shape index (κ2) is 5.71. The zero-order chi connectivity index (χ0) is 13.7. The lowest BCUT2D eigenvalue weighted by atomic mass is 9.97. The molecular formula is C13H19N5O. The molecule has 0 bridgehead atoms. The van der Waals surface area contributed by atoms with Crippen LogP contribution < -0.4 is 21.6 Å². The molecule has 0 spiro atoms. The van der Waals surface area contributed by atoms with Gasteiger partial charge >= 0.3 is 0 Å². The van der Waals surface area contributed by atoms with Crippen molar-refractivity contribution in [2.45, 2.75) is 24.5 Å². The van der Waals surface area contributed by atoms with Crippen molar-refractivity contribution in [2.75, 3.05) is 7.11 Å². The zero-order valence-corrected chi connectivity index (χ0v) is 10.9. The maximum atomic E-state index is 5.59. The first-order chi connectivity index (χ1) is 9.20. The van der Waals surface area contributed by atoms with E-state index in [1.165, 1.54) is 5.56 Å². The van der Waals surface area contributed by atoms with E-state index in [1.807, 2.05) is 18.3 Å². The number of rotatable bonds is 6. The van der Waals surface area contributed by atoms with E-state index in [-0.39, 0.29) is 5.41 Å². The van der Waals surface area contributed by atoms with Crippen LogP contribution in [0.5, 0.6) is 5.75 Å². The van der Waals surface area contributed by atoms with Crippen molar-refractivity contribution in [2.24, 2.45) is 21.6 Å². The molecule has 0 aromatic heterocycles. The van der Waals surface area contributed by atoms with Crippen LogP contribution in [-0.4, -0.2) is 26.0 Å². The summed E-state index contributed by atoms with van der Waals surface area (Å²) in [4.78, 5) is 3.75. The maximum Gasteiger partial charge on any atom is 0.187 e. The van der Waals surface area contributed by atoms with Gasteiger partial charge in [-0.25, -0.2) is 4.99 Å². The van der Waals surface area contributed by atoms with Crippen LogP contribution in [0.2, 0.25) is 0 Å². The highest BCUT2D eigenvalue weighted by Crippen LogP contribution is 2.46. The molecule has 1 saturated carbocycles. The zero-order valence-electron chi connectivity index (χ0n) is 10.9. The van der Waals surface area contributed by atoms with Gasteiger partial charge in [0.2, 0.25) is 0 Å². The molecule has 0 aliphatic heterocycles. The average Bonchev–Trinajstić information content (AvgIpc) is 3.20. The van der Waals surface area contributed by atoms with Crippen molar-refractivity contribution in [3.63, 3.8) is 0 Å². The molecule has 1 aromatic rings. The number of benzene rings is 1. The molecule has 6 nitrogen and oxygen atoms in total. The first-order valence-corrected chi connectivity index (χ1v) is 6.13. The number of methoxy groups -OCH3 is 1. The van der Waals surface area contributed by atoms with Crippen LogP contribution in [-0.2, 0) is 5.41 Å². The highest BCUT2D eigenvalue weighted by molar-refractivity contribution is 5.77. The fourth-order valence-electron chi connectivity index (χ4n) is 1.91. The number of ether oxygens (including phenoxy) is 1. The summed E-state index contributed by atoms with van der Waals surface area (Å²) in [5, 5.41) is 4.14. The van der Waals surface area contributed by atoms with Crippen molar-refractivity contribution in [3.8, 4) is 5.75 Å². The van der Waals surface area contributed by atoms with Gasteiger partial charge in [0.25, 0.3) is 0 Å². The van der Waals surface area contributed by atoms with Gasteiger partial charge < -0.3 is 10.5 Å². The van der Waals surface area contributed by atoms with E-state index in [4.69, 9.17) is 16.2 Å². The first kappa shape index (κ1) is 13.4. The average molecular weight is 261 g/mol. The topological polar surface area (TPSA) is 98.0 Å². The highest BCUT2D eigenvalue weighted by atomic mass is 16.5. The van der Waals surface area contributed by atoms with Gasteiger partial charge in [0.05, 0.1) is 13.4 Å². The first-order valence-electron chi connectivity index (χ1n) is 6.13. The Morgan fingerprint density at radius 1 is 1.37 bits per heavy atom. The molecule has 6 heteroatoms. The maximum absolute atomic E-state index is 5.59. The Bertz CT molecular complexity index is 464. The van der Waals surface area contributed by atoms with E-state index in [1.54, 1.807) is 7.11 Å². The molecule has 1 aliphatic carbocycles. The SMILES string of the molecule is COc1ccc(C2(/C=N/NC(N)N=CN)CC2)cc1. The molecule has 0 heterocycles. The molecule has 19 heavy (non-hydrogen) atoms. The fraction of sp³-hybridized carbons (Fsp3) is 0.385. The lowest BCUT2D eigenvalue weighted by Gasteiger charge is -2.11. The summed E-state index contributed by atoms with van der Waals surface area (Å²) in [5.74, 6) is 0.855. The van der Waals surface area contributed by atoms with Gasteiger partial charge in [0.15, 0.2) is 6.29 Å². The molecule has 1 unspecified atom stereocenters. The normalized spacial score (nSPS) is 18.6. The third-order valence-electron chi connectivity index (χ3n) is 3.22. The van der Waals surface area contributed by atoms with E-state index in [0.29, 0.717) is 0 Å². The monoisotopic (exact) mass is 261 g/mol. The molecule has 1 fully saturated rings. The Kier molecular flexibility index (Phi) is 4.01. The molecule has 0 radical (unpaired) electrons. The molecule has 5 N–H and O–H groups in total. The molecule has 1 atom stereocenters. The smallest absolute Gasteiger partial charge is 0.187 e. The molecule has 102 valence electrons. The minimum atomic E-state index is -0.604. The fourth-order valence-corrected chi connectivity index (χ4v) is 1.91. The summed E-state index contributed by atoms with van der Waals surface area (Å²) in [5.41, 5.74) is 14.7. The highest BCUT2D eigenvalue weighted by Gasteiger charge is 2.42. The Labute approximate surface area is 112 Å². The summed E-state index contributed by atoms with van der Waals surface area (Å²) < 4.78 is 5.15. The largest absolute Gasteiger partial charge is 0.497 e. The number of nitrogens with zero attached hydrogens (tertiary/aromatic N) is 2. The number of nitrogens with two attached hydrogens (primary N) is 2. The molecular weight excluding hydrogens is 242 g/mol. The van der Waals surface area contributed by atoms with Gasteiger partial charge in [-0.2, -0.15) is 5.10 Å². The van der Waals surface area contributed by atoms with Crippen LogP contribution in [0.25, 0.3) is 0 Å². The van der Waals surface area contributed by atoms with E-state index in [9.17, 15) is 0 Å². The molecule has 0 amide bonds. The lowest BCUT2D eigenvalue weighted by molar-refractivity contribution is 0.414. The summed E-state index contributed by atoms with van der Waals surface area (Å²) in [6, 6.07) is 8.05. The van der Waals surface area contributed by atoms with Crippen LogP contribution in [0, 0.1) is 0 Å². The number of hydrogen-bond acceptors (Lipinski definition) is 5. The number of hydrazone groups is 1. The van der Waals surface area contributed by atoms with E-state index in [2.05, 4.69) is 27.7 Å². The predicted octanol–water partition coefficient (Wildman–Crippen LogP) is 0.532. The summed E-state index contributed by atoms with van der Waals surface area (Å²) in [7, 11) is 1.66. The third-order valence-corrected chi connectivity index (χ3v) is 3.22. The van der Waals surface area contributed by atoms with Crippen LogP contribution in [0.1, 0.15) is 18.4 Å². The van der Waals surface area contributed by atoms with Crippen molar-refractivity contribution in [3.05, 3.63) is 29.8 Å². The molecule has 0 saturated heterocycles. The predicted molar refractivity (Wildman–Crippen MR) is 76.2 cm³/mol. The Morgan fingerprint density at radius 2 is 2.05 bits per heavy atom. The van der Waals surface area contributed by atoms with Gasteiger partial charge in [-0.3, -0.25) is 11.2 Å². The third kappa shape index (κ3) is 3.23. The number of hydrogen-bond donors (Lipinski definition) is 3. The van der Waals surface area contributed by atoms with E-state index in [0.717, 1.165) is 24.9 Å². The van der Waals surface area contributed by atoms with Gasteiger partial charge in [-0.15, -0.1) is 0 Å². The van der Waals surface area contributed by atoms with Gasteiger partial charge in [0.1, 0.15) is 5.75 Å². The Balaban J connectivity index is 2.00. The second-order valence-electron chi connectivity index (χ2n) is 4.51. The molecule has 1 aromatic carbocycles. The lowest BCUT2D eigenvalue weighted by Crippen LogP contribution is -2.32. The van der Waals surface area contributed by atoms with Crippen LogP contribution >= 0.6 is 0 Å². The quantitative estimate of drug-likeness (QED) is 0.301. The standard InChI is InChI=1S/C13H19N5O/c1-19-11-4-2-10(3-5-11)13(6-7-13)8-17-18-12(15)16-9-14/h2-5,8-9,12,18H,6-7,15H2,1H3,(H2,14,16)/b17-8+. The molecule has 1 aliphatic rings. The summed E-state index contributed by atoms with van der Waals surface area (Å²) in [6.45, 7) is 0. The van der Waals surface area contributed by atoms with Crippen LogP contribution in [0.4, 0.5) is 0 Å². The number of aliphatic imine (C=N–C) groups is 1. The van der Waals surface area contributed by atoms with Crippen molar-refractivity contribution in [1.29, 1.82) is 0 Å². The summed E-state index contributed by atoms with van der Waals surface area (Å²) in [6.07, 6.45) is 4.61. The van der Waals surface area contributed by atoms with Crippen LogP contribution in [0.15, 0.2) is 34.4 Å². The van der Waals surface area contributed by atoms with Crippen molar-refractivity contribution < 1.29 is 4.74 Å². The van der Waals surface area contributed by atoms with Gasteiger partial charge in [0, 0.05) is 11.6 Å². The van der Waals surface area contributed by atoms with Gasteiger partial charge in [-0.1, -0.05) is 12.1 Å². The summed E-state index contributed by atoms with van der Waals surface area (Å²) >= 11 is 0. The van der Waals surface area contributed by atoms with Gasteiger partial charge in [-0.05, 0) is 30.5 Å². The Morgan fingerprint density at radius 3 is 2.58 bits per heavy atom. The van der Waals surface area contributed by atoms with Crippen molar-refractivity contribution >= 4 is 12.6 Å². The minimum Gasteiger partial charge on any atom is -0.497 e. The van der Waals surface area contributed by atoms with Crippen LogP contribution in [0.3, 0.4) is 0 Å². The Hall–Kier alpha value is -2.08. The number of nitrogens with one attached hydrogen (secondary N) is 1. The van der Waals surface area contributed by atoms with E-state index < -0.39 is 6.29 Å². The second-order valence-corrected chi connectivity index (χ2v) is 4.51. The van der Waals surface area contributed by atoms with Crippen molar-refractivity contribution in [1.82, 2.24) is 5.43 Å². The van der Waals surface area contributed by atoms with E-state index >= 15 is 0 Å². The molecule has 2 rings (SSSR count).